The molecule has 0 aromatic carbocycles. The highest BCUT2D eigenvalue weighted by Crippen LogP contribution is 2.68. The Kier molecular flexibility index (Phi) is 8.92. The molecule has 0 aromatic rings. The molecule has 0 heterocycles. The van der Waals surface area contributed by atoms with E-state index in [1.165, 1.54) is 44.9 Å². The summed E-state index contributed by atoms with van der Waals surface area (Å²) in [5, 5.41) is 0. The topological polar surface area (TPSA) is 91.6 Å². The minimum absolute atomic E-state index is 0.0318. The second kappa shape index (κ2) is 11.0. The fraction of sp³-hybridized carbons (Fsp3) is 1.00. The third-order valence-corrected chi connectivity index (χ3v) is 14.2. The van der Waals surface area contributed by atoms with Crippen LogP contribution in [0.5, 0.6) is 0 Å². The Labute approximate surface area is 233 Å². The lowest BCUT2D eigenvalue weighted by atomic mass is 9.44. The molecular weight excluding hydrogens is 551 g/mol. The van der Waals surface area contributed by atoms with Crippen molar-refractivity contribution in [2.45, 2.75) is 123 Å². The zero-order valence-electron chi connectivity index (χ0n) is 24.0. The number of alkyl halides is 3. The molecule has 0 amide bonds. The lowest BCUT2D eigenvalue weighted by Crippen LogP contribution is -2.54. The largest absolute Gasteiger partial charge is 0.480 e. The summed E-state index contributed by atoms with van der Waals surface area (Å²) < 4.78 is 91.7. The standard InChI is InChI=1S/C28H47F3NO5S2/c1-18(2)7-6-8-19(3)23-11-12-24-22-10-9-20-17-21(37-39(35,36)32-38(33,34)28(29,30)31)13-15-26(20,4)25(22)14-16-27(23,24)5/h18-25H,6-17H2,1-5H3/q-1. The number of halogens is 3. The Hall–Kier alpha value is -0.390. The molecule has 4 aliphatic carbocycles. The monoisotopic (exact) mass is 598 g/mol. The van der Waals surface area contributed by atoms with Crippen molar-refractivity contribution in [1.29, 1.82) is 0 Å². The number of rotatable bonds is 9. The fourth-order valence-corrected chi connectivity index (χ4v) is 11.6. The average molecular weight is 599 g/mol. The van der Waals surface area contributed by atoms with E-state index in [4.69, 9.17) is 4.18 Å². The van der Waals surface area contributed by atoms with Gasteiger partial charge in [0, 0.05) is 0 Å². The van der Waals surface area contributed by atoms with E-state index in [0.29, 0.717) is 36.0 Å². The second-order valence-electron chi connectivity index (χ2n) is 14.1. The molecule has 228 valence electrons. The molecule has 4 aliphatic rings. The van der Waals surface area contributed by atoms with Crippen molar-refractivity contribution >= 4 is 20.3 Å². The van der Waals surface area contributed by atoms with Gasteiger partial charge in [-0.25, -0.2) is 16.8 Å². The number of sulfonamides is 1. The minimum Gasteiger partial charge on any atom is -0.404 e. The third-order valence-electron chi connectivity index (χ3n) is 11.6. The first-order valence-electron chi connectivity index (χ1n) is 14.9. The van der Waals surface area contributed by atoms with Gasteiger partial charge in [0.05, 0.1) is 6.10 Å². The van der Waals surface area contributed by atoms with Gasteiger partial charge in [0.25, 0.3) is 0 Å². The summed E-state index contributed by atoms with van der Waals surface area (Å²) in [5.41, 5.74) is -5.38. The van der Waals surface area contributed by atoms with E-state index < -0.39 is 31.9 Å². The van der Waals surface area contributed by atoms with Crippen molar-refractivity contribution in [2.24, 2.45) is 52.3 Å². The quantitative estimate of drug-likeness (QED) is 0.268. The first-order chi connectivity index (χ1) is 17.9. The molecule has 6 nitrogen and oxygen atoms in total. The van der Waals surface area contributed by atoms with Gasteiger partial charge in [0.15, 0.2) is 10.0 Å². The van der Waals surface area contributed by atoms with E-state index in [1.54, 1.807) is 0 Å². The van der Waals surface area contributed by atoms with Gasteiger partial charge in [-0.3, -0.25) is 4.18 Å². The summed E-state index contributed by atoms with van der Waals surface area (Å²) >= 11 is 0. The highest BCUT2D eigenvalue weighted by atomic mass is 32.3. The summed E-state index contributed by atoms with van der Waals surface area (Å²) in [5.74, 6) is 4.38. The van der Waals surface area contributed by atoms with Crippen molar-refractivity contribution in [3.05, 3.63) is 4.13 Å². The maximum atomic E-state index is 12.6. The van der Waals surface area contributed by atoms with Crippen molar-refractivity contribution in [2.75, 3.05) is 0 Å². The van der Waals surface area contributed by atoms with Crippen LogP contribution in [0.4, 0.5) is 13.2 Å². The minimum atomic E-state index is -6.18. The van der Waals surface area contributed by atoms with E-state index in [9.17, 15) is 30.0 Å². The van der Waals surface area contributed by atoms with Crippen molar-refractivity contribution < 1.29 is 34.2 Å². The SMILES string of the molecule is CC(C)CCCC(C)C1CCC2C3CCC4CC(OS(=O)(=O)[N-]S(=O)(=O)C(F)(F)F)CCC4(C)C3CCC12C. The van der Waals surface area contributed by atoms with Crippen LogP contribution < -0.4 is 0 Å². The zero-order chi connectivity index (χ0) is 29.0. The van der Waals surface area contributed by atoms with Crippen LogP contribution >= 0.6 is 0 Å². The Bertz CT molecular complexity index is 1090. The van der Waals surface area contributed by atoms with E-state index in [-0.39, 0.29) is 11.3 Å². The first kappa shape index (κ1) is 31.5. The zero-order valence-corrected chi connectivity index (χ0v) is 25.7. The highest BCUT2D eigenvalue weighted by molar-refractivity contribution is 8.10. The molecule has 0 aromatic heterocycles. The Morgan fingerprint density at radius 3 is 2.15 bits per heavy atom. The summed E-state index contributed by atoms with van der Waals surface area (Å²) in [6, 6.07) is 0. The molecule has 39 heavy (non-hydrogen) atoms. The second-order valence-corrected chi connectivity index (χ2v) is 17.2. The summed E-state index contributed by atoms with van der Waals surface area (Å²) in [4.78, 5) is 0. The van der Waals surface area contributed by atoms with Gasteiger partial charge >= 0.3 is 5.51 Å². The third kappa shape index (κ3) is 6.21. The molecular formula is C28H47F3NO5S2-. The van der Waals surface area contributed by atoms with E-state index in [1.807, 2.05) is 0 Å². The average Bonchev–Trinajstić information content (AvgIpc) is 3.14. The molecule has 9 unspecified atom stereocenters. The predicted octanol–water partition coefficient (Wildman–Crippen LogP) is 7.96. The molecule has 0 saturated heterocycles. The number of nitrogens with zero attached hydrogens (tertiary/aromatic N) is 1. The maximum absolute atomic E-state index is 12.6. The van der Waals surface area contributed by atoms with Gasteiger partial charge in [0.1, 0.15) is 0 Å². The molecule has 4 fully saturated rings. The molecule has 0 aliphatic heterocycles. The highest BCUT2D eigenvalue weighted by Gasteiger charge is 2.60. The van der Waals surface area contributed by atoms with Crippen LogP contribution in [0.1, 0.15) is 112 Å². The predicted molar refractivity (Wildman–Crippen MR) is 145 cm³/mol. The molecule has 0 N–H and O–H groups in total. The summed E-state index contributed by atoms with van der Waals surface area (Å²) in [6.45, 7) is 11.9. The first-order valence-corrected chi connectivity index (χ1v) is 17.7. The van der Waals surface area contributed by atoms with Gasteiger partial charge < -0.3 is 4.13 Å². The molecule has 9 atom stereocenters. The fourth-order valence-electron chi connectivity index (χ4n) is 9.68. The number of fused-ring (bicyclic) bond motifs is 5. The van der Waals surface area contributed by atoms with Crippen LogP contribution in [0.2, 0.25) is 0 Å². The Balaban J connectivity index is 1.40. The number of hydrogen-bond acceptors (Lipinski definition) is 5. The van der Waals surface area contributed by atoms with Crippen LogP contribution in [0.15, 0.2) is 0 Å². The lowest BCUT2D eigenvalue weighted by Gasteiger charge is -2.61. The molecule has 4 saturated carbocycles. The van der Waals surface area contributed by atoms with Gasteiger partial charge in [-0.05, 0) is 110 Å². The van der Waals surface area contributed by atoms with Crippen LogP contribution in [0.25, 0.3) is 4.13 Å². The van der Waals surface area contributed by atoms with E-state index >= 15 is 0 Å². The molecule has 0 bridgehead atoms. The maximum Gasteiger partial charge on any atom is 0.480 e. The van der Waals surface area contributed by atoms with Gasteiger partial charge in [0.2, 0.25) is 10.3 Å². The van der Waals surface area contributed by atoms with Crippen LogP contribution in [-0.2, 0) is 24.5 Å². The normalized spacial score (nSPS) is 40.1. The van der Waals surface area contributed by atoms with Gasteiger partial charge in [-0.15, -0.1) is 0 Å². The number of hydrogen-bond donors (Lipinski definition) is 0. The van der Waals surface area contributed by atoms with Gasteiger partial charge in [-0.2, -0.15) is 13.2 Å². The van der Waals surface area contributed by atoms with Crippen LogP contribution in [0.3, 0.4) is 0 Å². The van der Waals surface area contributed by atoms with Crippen LogP contribution in [-0.4, -0.2) is 28.4 Å². The molecule has 11 heteroatoms. The van der Waals surface area contributed by atoms with E-state index in [0.717, 1.165) is 37.0 Å². The van der Waals surface area contributed by atoms with Gasteiger partial charge in [-0.1, -0.05) is 53.9 Å². The Morgan fingerprint density at radius 2 is 1.51 bits per heavy atom. The van der Waals surface area contributed by atoms with Crippen molar-refractivity contribution in [1.82, 2.24) is 0 Å². The lowest BCUT2D eigenvalue weighted by molar-refractivity contribution is -0.126. The summed E-state index contributed by atoms with van der Waals surface area (Å²) in [6.07, 6.45) is 11.6. The smallest absolute Gasteiger partial charge is 0.404 e. The Morgan fingerprint density at radius 1 is 0.872 bits per heavy atom. The summed E-state index contributed by atoms with van der Waals surface area (Å²) in [7, 11) is -11.4. The van der Waals surface area contributed by atoms with Crippen molar-refractivity contribution in [3.63, 3.8) is 0 Å². The molecule has 0 spiro atoms. The van der Waals surface area contributed by atoms with Crippen molar-refractivity contribution in [3.8, 4) is 0 Å². The van der Waals surface area contributed by atoms with E-state index in [2.05, 4.69) is 38.7 Å². The molecule has 0 radical (unpaired) electrons. The van der Waals surface area contributed by atoms with Crippen LogP contribution in [0, 0.1) is 52.3 Å². The molecule has 4 rings (SSSR count).